The highest BCUT2D eigenvalue weighted by atomic mass is 35.5. The lowest BCUT2D eigenvalue weighted by molar-refractivity contribution is 0.415. The molecule has 3 rings (SSSR count). The first-order valence-corrected chi connectivity index (χ1v) is 7.54. The van der Waals surface area contributed by atoms with Crippen molar-refractivity contribution in [2.45, 2.75) is 6.92 Å². The Bertz CT molecular complexity index is 865. The van der Waals surface area contributed by atoms with Crippen LogP contribution in [0, 0.1) is 6.92 Å². The highest BCUT2D eigenvalue weighted by molar-refractivity contribution is 6.32. The van der Waals surface area contributed by atoms with Crippen molar-refractivity contribution in [1.29, 1.82) is 0 Å². The maximum absolute atomic E-state index is 6.20. The molecule has 118 valence electrons. The van der Waals surface area contributed by atoms with Crippen LogP contribution in [0.15, 0.2) is 42.5 Å². The standard InChI is InChI=1S/C18H17ClN2O2/c1-11-8-17(14-10-13(22-2)5-6-16(14)20-11)21-12-4-7-18(23-3)15(19)9-12/h4-10H,1-3H3,(H,20,21). The summed E-state index contributed by atoms with van der Waals surface area (Å²) in [6.45, 7) is 1.97. The maximum atomic E-state index is 6.20. The van der Waals surface area contributed by atoms with Gasteiger partial charge in [0.2, 0.25) is 0 Å². The number of anilines is 2. The Balaban J connectivity index is 2.06. The third-order valence-corrected chi connectivity index (χ3v) is 3.87. The number of fused-ring (bicyclic) bond motifs is 1. The van der Waals surface area contributed by atoms with E-state index in [1.54, 1.807) is 14.2 Å². The van der Waals surface area contributed by atoms with Crippen molar-refractivity contribution in [2.75, 3.05) is 19.5 Å². The Morgan fingerprint density at radius 2 is 1.83 bits per heavy atom. The summed E-state index contributed by atoms with van der Waals surface area (Å²) in [4.78, 5) is 4.56. The van der Waals surface area contributed by atoms with Crippen molar-refractivity contribution in [2.24, 2.45) is 0 Å². The monoisotopic (exact) mass is 328 g/mol. The molecule has 0 aliphatic rings. The number of nitrogens with zero attached hydrogens (tertiary/aromatic N) is 1. The molecule has 1 N–H and O–H groups in total. The summed E-state index contributed by atoms with van der Waals surface area (Å²) in [7, 11) is 3.25. The van der Waals surface area contributed by atoms with Crippen LogP contribution in [0.4, 0.5) is 11.4 Å². The molecule has 0 aliphatic carbocycles. The molecular formula is C18H17ClN2O2. The maximum Gasteiger partial charge on any atom is 0.137 e. The largest absolute Gasteiger partial charge is 0.497 e. The Kier molecular flexibility index (Phi) is 4.26. The first-order chi connectivity index (χ1) is 11.1. The molecule has 2 aromatic carbocycles. The highest BCUT2D eigenvalue weighted by Gasteiger charge is 2.08. The van der Waals surface area contributed by atoms with Gasteiger partial charge in [0.15, 0.2) is 0 Å². The molecule has 0 atom stereocenters. The number of rotatable bonds is 4. The molecule has 3 aromatic rings. The summed E-state index contributed by atoms with van der Waals surface area (Å²) in [5, 5.41) is 4.94. The molecule has 4 nitrogen and oxygen atoms in total. The van der Waals surface area contributed by atoms with Gasteiger partial charge in [-0.1, -0.05) is 11.6 Å². The minimum atomic E-state index is 0.560. The van der Waals surface area contributed by atoms with Gasteiger partial charge in [-0.15, -0.1) is 0 Å². The van der Waals surface area contributed by atoms with E-state index in [4.69, 9.17) is 21.1 Å². The second-order valence-electron chi connectivity index (χ2n) is 5.17. The number of ether oxygens (including phenoxy) is 2. The average molecular weight is 329 g/mol. The van der Waals surface area contributed by atoms with E-state index in [1.165, 1.54) is 0 Å². The van der Waals surface area contributed by atoms with Crippen molar-refractivity contribution in [3.05, 3.63) is 53.2 Å². The minimum absolute atomic E-state index is 0.560. The van der Waals surface area contributed by atoms with Gasteiger partial charge in [0, 0.05) is 22.5 Å². The topological polar surface area (TPSA) is 43.4 Å². The van der Waals surface area contributed by atoms with Gasteiger partial charge in [-0.3, -0.25) is 4.98 Å². The average Bonchev–Trinajstić information content (AvgIpc) is 2.54. The van der Waals surface area contributed by atoms with Gasteiger partial charge in [-0.25, -0.2) is 0 Å². The molecule has 23 heavy (non-hydrogen) atoms. The van der Waals surface area contributed by atoms with Crippen LogP contribution in [-0.4, -0.2) is 19.2 Å². The number of hydrogen-bond acceptors (Lipinski definition) is 4. The van der Waals surface area contributed by atoms with Gasteiger partial charge in [0.25, 0.3) is 0 Å². The zero-order valence-electron chi connectivity index (χ0n) is 13.2. The van der Waals surface area contributed by atoms with E-state index in [9.17, 15) is 0 Å². The van der Waals surface area contributed by atoms with E-state index in [2.05, 4.69) is 10.3 Å². The van der Waals surface area contributed by atoms with Crippen LogP contribution in [0.5, 0.6) is 11.5 Å². The third kappa shape index (κ3) is 3.17. The zero-order valence-corrected chi connectivity index (χ0v) is 13.9. The second kappa shape index (κ2) is 6.34. The number of halogens is 1. The summed E-state index contributed by atoms with van der Waals surface area (Å²) in [6, 6.07) is 13.4. The minimum Gasteiger partial charge on any atom is -0.497 e. The number of methoxy groups -OCH3 is 2. The predicted molar refractivity (Wildman–Crippen MR) is 94.3 cm³/mol. The number of nitrogens with one attached hydrogen (secondary N) is 1. The quantitative estimate of drug-likeness (QED) is 0.735. The molecule has 0 spiro atoms. The van der Waals surface area contributed by atoms with Crippen molar-refractivity contribution < 1.29 is 9.47 Å². The first kappa shape index (κ1) is 15.4. The predicted octanol–water partition coefficient (Wildman–Crippen LogP) is 4.96. The summed E-state index contributed by atoms with van der Waals surface area (Å²) < 4.78 is 10.5. The van der Waals surface area contributed by atoms with E-state index in [0.29, 0.717) is 10.8 Å². The van der Waals surface area contributed by atoms with Gasteiger partial charge < -0.3 is 14.8 Å². The number of aryl methyl sites for hydroxylation is 1. The molecule has 0 aliphatic heterocycles. The van der Waals surface area contributed by atoms with E-state index in [0.717, 1.165) is 33.7 Å². The fraction of sp³-hybridized carbons (Fsp3) is 0.167. The van der Waals surface area contributed by atoms with E-state index in [-0.39, 0.29) is 0 Å². The van der Waals surface area contributed by atoms with E-state index < -0.39 is 0 Å². The molecule has 0 bridgehead atoms. The molecular weight excluding hydrogens is 312 g/mol. The lowest BCUT2D eigenvalue weighted by Gasteiger charge is -2.13. The first-order valence-electron chi connectivity index (χ1n) is 7.16. The molecule has 0 saturated heterocycles. The van der Waals surface area contributed by atoms with Crippen LogP contribution in [0.25, 0.3) is 10.9 Å². The van der Waals surface area contributed by atoms with E-state index in [1.807, 2.05) is 49.4 Å². The molecule has 0 saturated carbocycles. The van der Waals surface area contributed by atoms with Crippen LogP contribution in [-0.2, 0) is 0 Å². The van der Waals surface area contributed by atoms with E-state index >= 15 is 0 Å². The molecule has 1 heterocycles. The Morgan fingerprint density at radius 1 is 1.00 bits per heavy atom. The van der Waals surface area contributed by atoms with Crippen molar-refractivity contribution in [1.82, 2.24) is 4.98 Å². The summed E-state index contributed by atoms with van der Waals surface area (Å²) >= 11 is 6.20. The molecule has 0 unspecified atom stereocenters. The van der Waals surface area contributed by atoms with Crippen molar-refractivity contribution >= 4 is 33.9 Å². The lowest BCUT2D eigenvalue weighted by atomic mass is 10.1. The molecule has 0 radical (unpaired) electrons. The molecule has 5 heteroatoms. The lowest BCUT2D eigenvalue weighted by Crippen LogP contribution is -1.96. The highest BCUT2D eigenvalue weighted by Crippen LogP contribution is 2.32. The fourth-order valence-corrected chi connectivity index (χ4v) is 2.73. The fourth-order valence-electron chi connectivity index (χ4n) is 2.47. The summed E-state index contributed by atoms with van der Waals surface area (Å²) in [5.41, 5.74) is 3.68. The van der Waals surface area contributed by atoms with Crippen molar-refractivity contribution in [3.8, 4) is 11.5 Å². The molecule has 0 amide bonds. The SMILES string of the molecule is COc1ccc2nc(C)cc(Nc3ccc(OC)c(Cl)c3)c2c1. The van der Waals surface area contributed by atoms with Crippen LogP contribution in [0.2, 0.25) is 5.02 Å². The van der Waals surface area contributed by atoms with Crippen molar-refractivity contribution in [3.63, 3.8) is 0 Å². The van der Waals surface area contributed by atoms with Gasteiger partial charge in [-0.2, -0.15) is 0 Å². The van der Waals surface area contributed by atoms with Crippen LogP contribution < -0.4 is 14.8 Å². The number of pyridine rings is 1. The van der Waals surface area contributed by atoms with Crippen LogP contribution in [0.1, 0.15) is 5.69 Å². The summed E-state index contributed by atoms with van der Waals surface area (Å²) in [5.74, 6) is 1.44. The smallest absolute Gasteiger partial charge is 0.137 e. The van der Waals surface area contributed by atoms with Gasteiger partial charge >= 0.3 is 0 Å². The van der Waals surface area contributed by atoms with Gasteiger partial charge in [0.05, 0.1) is 24.8 Å². The van der Waals surface area contributed by atoms with Crippen LogP contribution >= 0.6 is 11.6 Å². The van der Waals surface area contributed by atoms with Gasteiger partial charge in [-0.05, 0) is 49.4 Å². The van der Waals surface area contributed by atoms with Gasteiger partial charge in [0.1, 0.15) is 11.5 Å². The molecule has 0 fully saturated rings. The summed E-state index contributed by atoms with van der Waals surface area (Å²) in [6.07, 6.45) is 0. The zero-order chi connectivity index (χ0) is 16.4. The Morgan fingerprint density at radius 3 is 2.52 bits per heavy atom. The van der Waals surface area contributed by atoms with Crippen LogP contribution in [0.3, 0.4) is 0 Å². The number of aromatic nitrogens is 1. The Hall–Kier alpha value is -2.46. The number of benzene rings is 2. The third-order valence-electron chi connectivity index (χ3n) is 3.57. The molecule has 1 aromatic heterocycles. The normalized spacial score (nSPS) is 10.6. The number of hydrogen-bond donors (Lipinski definition) is 1. The second-order valence-corrected chi connectivity index (χ2v) is 5.58. The Labute approximate surface area is 140 Å².